The third-order valence-electron chi connectivity index (χ3n) is 5.72. The van der Waals surface area contributed by atoms with E-state index in [0.717, 1.165) is 24.1 Å². The van der Waals surface area contributed by atoms with Crippen molar-refractivity contribution < 1.29 is 5.11 Å². The van der Waals surface area contributed by atoms with Crippen molar-refractivity contribution in [3.8, 4) is 0 Å². The molecule has 0 amide bonds. The molecule has 2 aliphatic rings. The number of aryl methyl sites for hydroxylation is 1. The van der Waals surface area contributed by atoms with Gasteiger partial charge < -0.3 is 5.11 Å². The van der Waals surface area contributed by atoms with Gasteiger partial charge in [0.05, 0.1) is 17.3 Å². The fourth-order valence-corrected chi connectivity index (χ4v) is 4.70. The van der Waals surface area contributed by atoms with Crippen LogP contribution in [0.25, 0.3) is 10.9 Å². The van der Waals surface area contributed by atoms with E-state index in [1.54, 1.807) is 0 Å². The first-order valence-corrected chi connectivity index (χ1v) is 8.38. The Morgan fingerprint density at radius 2 is 2.14 bits per heavy atom. The van der Waals surface area contributed by atoms with Gasteiger partial charge in [0.25, 0.3) is 0 Å². The van der Waals surface area contributed by atoms with E-state index in [2.05, 4.69) is 35.9 Å². The van der Waals surface area contributed by atoms with Gasteiger partial charge in [0, 0.05) is 18.4 Å². The van der Waals surface area contributed by atoms with Crippen molar-refractivity contribution in [2.75, 3.05) is 0 Å². The first-order chi connectivity index (χ1) is 10.3. The number of hydrogen-bond donors (Lipinski definition) is 1. The predicted octanol–water partition coefficient (Wildman–Crippen LogP) is 3.40. The number of aliphatic hydroxyl groups is 1. The lowest BCUT2D eigenvalue weighted by atomic mass is 9.83. The van der Waals surface area contributed by atoms with Gasteiger partial charge in [-0.3, -0.25) is 4.68 Å². The van der Waals surface area contributed by atoms with E-state index in [4.69, 9.17) is 5.10 Å². The summed E-state index contributed by atoms with van der Waals surface area (Å²) in [6.45, 7) is 3.00. The Kier molecular flexibility index (Phi) is 3.26. The summed E-state index contributed by atoms with van der Waals surface area (Å²) in [5.41, 5.74) is 2.26. The molecule has 4 rings (SSSR count). The van der Waals surface area contributed by atoms with Crippen molar-refractivity contribution in [3.63, 3.8) is 0 Å². The molecular weight excluding hydrogens is 260 g/mol. The van der Waals surface area contributed by atoms with Gasteiger partial charge in [0.2, 0.25) is 0 Å². The van der Waals surface area contributed by atoms with Gasteiger partial charge in [-0.2, -0.15) is 5.10 Å². The van der Waals surface area contributed by atoms with Crippen LogP contribution in [-0.4, -0.2) is 21.0 Å². The number of benzene rings is 1. The highest BCUT2D eigenvalue weighted by Crippen LogP contribution is 2.49. The number of aromatic nitrogens is 2. The van der Waals surface area contributed by atoms with Crippen LogP contribution in [0.2, 0.25) is 0 Å². The number of aliphatic hydroxyl groups excluding tert-OH is 1. The smallest absolute Gasteiger partial charge is 0.0729 e. The quantitative estimate of drug-likeness (QED) is 0.934. The molecule has 3 heteroatoms. The SMILES string of the molecule is CCn1nc(CC(O)C2CC3CCC2C3)c2ccccc21. The van der Waals surface area contributed by atoms with Crippen molar-refractivity contribution >= 4 is 10.9 Å². The second kappa shape index (κ2) is 5.13. The molecule has 0 radical (unpaired) electrons. The summed E-state index contributed by atoms with van der Waals surface area (Å²) in [6.07, 6.45) is 5.80. The first kappa shape index (κ1) is 13.3. The lowest BCUT2D eigenvalue weighted by molar-refractivity contribution is 0.0744. The van der Waals surface area contributed by atoms with E-state index < -0.39 is 0 Å². The number of nitrogens with zero attached hydrogens (tertiary/aromatic N) is 2. The summed E-state index contributed by atoms with van der Waals surface area (Å²) in [7, 11) is 0. The Morgan fingerprint density at radius 1 is 1.29 bits per heavy atom. The van der Waals surface area contributed by atoms with Gasteiger partial charge in [-0.15, -0.1) is 0 Å². The van der Waals surface area contributed by atoms with E-state index in [1.807, 2.05) is 0 Å². The Bertz CT molecular complexity index is 648. The van der Waals surface area contributed by atoms with Crippen LogP contribution in [-0.2, 0) is 13.0 Å². The first-order valence-electron chi connectivity index (χ1n) is 8.38. The average Bonchev–Trinajstić information content (AvgIpc) is 3.21. The summed E-state index contributed by atoms with van der Waals surface area (Å²) < 4.78 is 2.05. The molecule has 2 saturated carbocycles. The predicted molar refractivity (Wildman–Crippen MR) is 84.1 cm³/mol. The second-order valence-corrected chi connectivity index (χ2v) is 6.89. The molecule has 112 valence electrons. The molecule has 4 atom stereocenters. The van der Waals surface area contributed by atoms with E-state index in [-0.39, 0.29) is 6.10 Å². The fourth-order valence-electron chi connectivity index (χ4n) is 4.70. The lowest BCUT2D eigenvalue weighted by Crippen LogP contribution is -2.27. The topological polar surface area (TPSA) is 38.0 Å². The maximum Gasteiger partial charge on any atom is 0.0729 e. The molecule has 1 aromatic heterocycles. The van der Waals surface area contributed by atoms with Crippen LogP contribution >= 0.6 is 0 Å². The summed E-state index contributed by atoms with van der Waals surface area (Å²) in [5.74, 6) is 2.17. The molecule has 1 heterocycles. The summed E-state index contributed by atoms with van der Waals surface area (Å²) in [5, 5.41) is 16.7. The zero-order chi connectivity index (χ0) is 14.4. The number of fused-ring (bicyclic) bond motifs is 3. The van der Waals surface area contributed by atoms with Crippen molar-refractivity contribution in [1.82, 2.24) is 9.78 Å². The minimum absolute atomic E-state index is 0.219. The Morgan fingerprint density at radius 3 is 2.86 bits per heavy atom. The number of para-hydroxylation sites is 1. The van der Waals surface area contributed by atoms with Crippen molar-refractivity contribution in [2.24, 2.45) is 17.8 Å². The molecule has 2 aliphatic carbocycles. The Hall–Kier alpha value is -1.35. The van der Waals surface area contributed by atoms with Crippen molar-refractivity contribution in [1.29, 1.82) is 0 Å². The molecule has 1 aromatic carbocycles. The Labute approximate surface area is 126 Å². The third kappa shape index (κ3) is 2.18. The average molecular weight is 284 g/mol. The van der Waals surface area contributed by atoms with Gasteiger partial charge in [0.1, 0.15) is 0 Å². The maximum atomic E-state index is 10.7. The van der Waals surface area contributed by atoms with Gasteiger partial charge in [0.15, 0.2) is 0 Å². The highest BCUT2D eigenvalue weighted by atomic mass is 16.3. The minimum Gasteiger partial charge on any atom is -0.392 e. The molecule has 2 bridgehead atoms. The molecule has 4 unspecified atom stereocenters. The van der Waals surface area contributed by atoms with Crippen molar-refractivity contribution in [3.05, 3.63) is 30.0 Å². The zero-order valence-corrected chi connectivity index (χ0v) is 12.7. The van der Waals surface area contributed by atoms with Gasteiger partial charge in [-0.05, 0) is 50.0 Å². The molecular formula is C18H24N2O. The molecule has 21 heavy (non-hydrogen) atoms. The van der Waals surface area contributed by atoms with Crippen LogP contribution in [0.15, 0.2) is 24.3 Å². The lowest BCUT2D eigenvalue weighted by Gasteiger charge is -2.26. The summed E-state index contributed by atoms with van der Waals surface area (Å²) in [6, 6.07) is 8.39. The van der Waals surface area contributed by atoms with Gasteiger partial charge in [-0.1, -0.05) is 24.6 Å². The second-order valence-electron chi connectivity index (χ2n) is 6.89. The molecule has 0 aliphatic heterocycles. The van der Waals surface area contributed by atoms with E-state index in [9.17, 15) is 5.11 Å². The van der Waals surface area contributed by atoms with Crippen LogP contribution in [0.5, 0.6) is 0 Å². The largest absolute Gasteiger partial charge is 0.392 e. The summed E-state index contributed by atoms with van der Waals surface area (Å²) >= 11 is 0. The maximum absolute atomic E-state index is 10.7. The van der Waals surface area contributed by atoms with Crippen LogP contribution in [0, 0.1) is 17.8 Å². The van der Waals surface area contributed by atoms with E-state index in [1.165, 1.54) is 36.6 Å². The van der Waals surface area contributed by atoms with Crippen LogP contribution in [0.1, 0.15) is 38.3 Å². The number of hydrogen-bond acceptors (Lipinski definition) is 2. The molecule has 2 fully saturated rings. The summed E-state index contributed by atoms with van der Waals surface area (Å²) in [4.78, 5) is 0. The third-order valence-corrected chi connectivity index (χ3v) is 5.72. The molecule has 0 saturated heterocycles. The molecule has 1 N–H and O–H groups in total. The fraction of sp³-hybridized carbons (Fsp3) is 0.611. The molecule has 0 spiro atoms. The Balaban J connectivity index is 1.59. The highest BCUT2D eigenvalue weighted by Gasteiger charge is 2.42. The van der Waals surface area contributed by atoms with Crippen LogP contribution in [0.4, 0.5) is 0 Å². The highest BCUT2D eigenvalue weighted by molar-refractivity contribution is 5.82. The van der Waals surface area contributed by atoms with Gasteiger partial charge >= 0.3 is 0 Å². The monoisotopic (exact) mass is 284 g/mol. The van der Waals surface area contributed by atoms with E-state index >= 15 is 0 Å². The minimum atomic E-state index is -0.219. The van der Waals surface area contributed by atoms with Crippen LogP contribution < -0.4 is 0 Å². The molecule has 2 aromatic rings. The number of rotatable bonds is 4. The van der Waals surface area contributed by atoms with Crippen molar-refractivity contribution in [2.45, 2.75) is 51.7 Å². The normalized spacial score (nSPS) is 29.3. The van der Waals surface area contributed by atoms with Gasteiger partial charge in [-0.25, -0.2) is 0 Å². The molecule has 3 nitrogen and oxygen atoms in total. The van der Waals surface area contributed by atoms with E-state index in [0.29, 0.717) is 12.3 Å². The zero-order valence-electron chi connectivity index (χ0n) is 12.7. The van der Waals surface area contributed by atoms with Crippen LogP contribution in [0.3, 0.4) is 0 Å². The standard InChI is InChI=1S/C18H24N2O/c1-2-20-17-6-4-3-5-14(17)16(19-20)11-18(21)15-10-12-7-8-13(15)9-12/h3-6,12-13,15,18,21H,2,7-11H2,1H3.